The monoisotopic (exact) mass is 366 g/mol. The molecule has 0 N–H and O–H groups in total. The van der Waals surface area contributed by atoms with Crippen molar-refractivity contribution < 1.29 is 10.4 Å². The molecule has 2 saturated heterocycles. The maximum absolute atomic E-state index is 12.5. The van der Waals surface area contributed by atoms with Crippen molar-refractivity contribution in [1.82, 2.24) is 20.3 Å². The fourth-order valence-electron chi connectivity index (χ4n) is 3.23. The summed E-state index contributed by atoms with van der Waals surface area (Å²) in [5, 5.41) is 53.0. The third kappa shape index (κ3) is 2.76. The van der Waals surface area contributed by atoms with E-state index in [1.165, 1.54) is 24.3 Å². The smallest absolute Gasteiger partial charge is 0.0987 e. The Hall–Kier alpha value is -0.840. The summed E-state index contributed by atoms with van der Waals surface area (Å²) < 4.78 is 0. The van der Waals surface area contributed by atoms with Gasteiger partial charge in [-0.3, -0.25) is 0 Å². The van der Waals surface area contributed by atoms with Crippen molar-refractivity contribution in [2.45, 2.75) is 89.9 Å². The fourth-order valence-corrected chi connectivity index (χ4v) is 3.23. The van der Waals surface area contributed by atoms with E-state index in [1.807, 2.05) is 0 Å². The molecule has 2 aliphatic heterocycles. The van der Waals surface area contributed by atoms with Gasteiger partial charge in [0.15, 0.2) is 0 Å². The molecule has 0 atom stereocenters. The second kappa shape index (κ2) is 6.35. The van der Waals surface area contributed by atoms with Crippen molar-refractivity contribution in [3.63, 3.8) is 0 Å². The molecule has 8 heteroatoms. The predicted octanol–water partition coefficient (Wildman–Crippen LogP) is 2.79. The lowest BCUT2D eigenvalue weighted by molar-refractivity contribution is -0.220. The Morgan fingerprint density at radius 1 is 0.615 bits per heavy atom. The van der Waals surface area contributed by atoms with E-state index in [-0.39, 0.29) is 0 Å². The van der Waals surface area contributed by atoms with Gasteiger partial charge in [-0.05, 0) is 55.4 Å². The minimum absolute atomic E-state index is 0.784. The summed E-state index contributed by atoms with van der Waals surface area (Å²) >= 11 is 0. The van der Waals surface area contributed by atoms with Gasteiger partial charge < -0.3 is 20.5 Å². The average Bonchev–Trinajstić information content (AvgIpc) is 2.72. The van der Waals surface area contributed by atoms with Crippen LogP contribution in [0.25, 0.3) is 0 Å². The van der Waals surface area contributed by atoms with Gasteiger partial charge in [0.05, 0.1) is 23.4 Å². The van der Waals surface area contributed by atoms with Gasteiger partial charge in [-0.2, -0.15) is 0 Å². The summed E-state index contributed by atoms with van der Waals surface area (Å²) in [4.78, 5) is 0. The summed E-state index contributed by atoms with van der Waals surface area (Å²) in [6.45, 7) is 13.9. The third-order valence-corrected chi connectivity index (χ3v) is 6.84. The van der Waals surface area contributed by atoms with Gasteiger partial charge in [0.2, 0.25) is 0 Å². The number of allylic oxidation sites excluding steroid dienone is 2. The van der Waals surface area contributed by atoms with E-state index in [4.69, 9.17) is 0 Å². The van der Waals surface area contributed by atoms with Crippen molar-refractivity contribution in [1.29, 1.82) is 0 Å². The van der Waals surface area contributed by atoms with Crippen molar-refractivity contribution in [3.8, 4) is 0 Å². The second-order valence-corrected chi connectivity index (χ2v) is 9.14. The SMILES string of the molecule is CC1(C)N([O])C(/C=C/C=C/C2N([O])C(C)(C)C(C)(C)N2[O-])N([O-])C1(C)C. The first kappa shape index (κ1) is 21.5. The second-order valence-electron chi connectivity index (χ2n) is 9.14. The predicted molar refractivity (Wildman–Crippen MR) is 97.6 cm³/mol. The Morgan fingerprint density at radius 3 is 1.08 bits per heavy atom. The molecule has 26 heavy (non-hydrogen) atoms. The van der Waals surface area contributed by atoms with Crippen LogP contribution in [0, 0.1) is 10.4 Å². The van der Waals surface area contributed by atoms with Crippen LogP contribution in [0.3, 0.4) is 0 Å². The molecule has 0 aromatic rings. The molecule has 148 valence electrons. The van der Waals surface area contributed by atoms with Crippen LogP contribution in [-0.2, 0) is 10.4 Å². The number of hydrogen-bond donors (Lipinski definition) is 0. The number of hydrogen-bond acceptors (Lipinski definition) is 6. The van der Waals surface area contributed by atoms with E-state index in [0.29, 0.717) is 0 Å². The molecular weight excluding hydrogens is 336 g/mol. The zero-order valence-corrected chi connectivity index (χ0v) is 16.9. The highest BCUT2D eigenvalue weighted by Crippen LogP contribution is 2.43. The van der Waals surface area contributed by atoms with Crippen LogP contribution in [0.4, 0.5) is 0 Å². The summed E-state index contributed by atoms with van der Waals surface area (Å²) in [5.74, 6) is 0. The van der Waals surface area contributed by atoms with Crippen molar-refractivity contribution in [2.24, 2.45) is 0 Å². The Bertz CT molecular complexity index is 508. The molecule has 8 nitrogen and oxygen atoms in total. The molecular formula is C18H30N4O4-2. The van der Waals surface area contributed by atoms with Crippen molar-refractivity contribution >= 4 is 0 Å². The molecule has 0 bridgehead atoms. The minimum atomic E-state index is -0.951. The maximum Gasteiger partial charge on any atom is 0.0987 e. The van der Waals surface area contributed by atoms with E-state index >= 15 is 0 Å². The molecule has 0 saturated carbocycles. The van der Waals surface area contributed by atoms with Crippen LogP contribution in [0.5, 0.6) is 0 Å². The first-order valence-corrected chi connectivity index (χ1v) is 8.82. The zero-order valence-electron chi connectivity index (χ0n) is 16.9. The Balaban J connectivity index is 2.14. The highest BCUT2D eigenvalue weighted by molar-refractivity contribution is 5.19. The lowest BCUT2D eigenvalue weighted by Crippen LogP contribution is -2.51. The van der Waals surface area contributed by atoms with Crippen molar-refractivity contribution in [2.75, 3.05) is 0 Å². The quantitative estimate of drug-likeness (QED) is 0.712. The molecule has 0 amide bonds. The topological polar surface area (TPSA) is 98.9 Å². The van der Waals surface area contributed by atoms with Crippen molar-refractivity contribution in [3.05, 3.63) is 34.7 Å². The zero-order chi connectivity index (χ0) is 20.3. The largest absolute Gasteiger partial charge is 0.783 e. The van der Waals surface area contributed by atoms with Gasteiger partial charge in [0.25, 0.3) is 0 Å². The highest BCUT2D eigenvalue weighted by atomic mass is 16.6. The van der Waals surface area contributed by atoms with Gasteiger partial charge >= 0.3 is 0 Å². The normalized spacial score (nSPS) is 35.2. The molecule has 0 aliphatic carbocycles. The van der Waals surface area contributed by atoms with Gasteiger partial charge in [-0.15, -0.1) is 20.5 Å². The first-order chi connectivity index (χ1) is 11.6. The lowest BCUT2D eigenvalue weighted by Gasteiger charge is -2.44. The van der Waals surface area contributed by atoms with Crippen LogP contribution < -0.4 is 0 Å². The van der Waals surface area contributed by atoms with Gasteiger partial charge in [0.1, 0.15) is 0 Å². The van der Waals surface area contributed by atoms with E-state index in [1.54, 1.807) is 55.4 Å². The van der Waals surface area contributed by atoms with E-state index in [2.05, 4.69) is 0 Å². The summed E-state index contributed by atoms with van der Waals surface area (Å²) in [6, 6.07) is 0. The van der Waals surface area contributed by atoms with Crippen LogP contribution in [0.2, 0.25) is 0 Å². The van der Waals surface area contributed by atoms with Crippen LogP contribution in [-0.4, -0.2) is 54.7 Å². The first-order valence-electron chi connectivity index (χ1n) is 8.82. The third-order valence-electron chi connectivity index (χ3n) is 6.84. The minimum Gasteiger partial charge on any atom is -0.783 e. The molecule has 0 aromatic carbocycles. The summed E-state index contributed by atoms with van der Waals surface area (Å²) in [5.41, 5.74) is -3.37. The molecule has 0 unspecified atom stereocenters. The standard InChI is InChI=1S/C18H30N4O4/c1-15(2)16(3,4)20(24)13(19(15)23)11-9-10-12-14-21(25)17(5,6)18(7,8)22(14)26/h9-14H,1-8H3/q-2/b11-9+,12-10+. The van der Waals surface area contributed by atoms with Crippen LogP contribution >= 0.6 is 0 Å². The average molecular weight is 366 g/mol. The highest BCUT2D eigenvalue weighted by Gasteiger charge is 2.55. The number of rotatable bonds is 3. The number of hydroxylamine groups is 8. The molecule has 2 radical (unpaired) electrons. The van der Waals surface area contributed by atoms with Gasteiger partial charge in [-0.25, -0.2) is 0 Å². The summed E-state index contributed by atoms with van der Waals surface area (Å²) in [6.07, 6.45) is 4.15. The lowest BCUT2D eigenvalue weighted by atomic mass is 9.84. The molecule has 2 rings (SSSR count). The molecule has 2 fully saturated rings. The fraction of sp³-hybridized carbons (Fsp3) is 0.778. The molecule has 0 spiro atoms. The van der Waals surface area contributed by atoms with Crippen LogP contribution in [0.1, 0.15) is 55.4 Å². The van der Waals surface area contributed by atoms with E-state index in [9.17, 15) is 20.8 Å². The summed E-state index contributed by atoms with van der Waals surface area (Å²) in [7, 11) is 0. The number of nitrogens with zero attached hydrogens (tertiary/aromatic N) is 4. The Labute approximate surface area is 156 Å². The maximum atomic E-state index is 12.5. The van der Waals surface area contributed by atoms with E-state index < -0.39 is 34.5 Å². The van der Waals surface area contributed by atoms with Gasteiger partial charge in [0, 0.05) is 11.1 Å². The van der Waals surface area contributed by atoms with Gasteiger partial charge in [-0.1, -0.05) is 24.3 Å². The Kier molecular flexibility index (Phi) is 5.24. The molecule has 0 aromatic heterocycles. The van der Waals surface area contributed by atoms with E-state index in [0.717, 1.165) is 20.3 Å². The van der Waals surface area contributed by atoms with Crippen LogP contribution in [0.15, 0.2) is 24.3 Å². The molecule has 2 heterocycles. The Morgan fingerprint density at radius 2 is 0.885 bits per heavy atom. The molecule has 2 aliphatic rings.